The van der Waals surface area contributed by atoms with Gasteiger partial charge < -0.3 is 18.8 Å². The second kappa shape index (κ2) is 10.3. The number of hydrogen-bond donors (Lipinski definition) is 1. The van der Waals surface area contributed by atoms with E-state index in [1.807, 2.05) is 30.3 Å². The Balaban J connectivity index is 1.47. The first-order valence-corrected chi connectivity index (χ1v) is 12.3. The fourth-order valence-corrected chi connectivity index (χ4v) is 5.13. The van der Waals surface area contributed by atoms with Gasteiger partial charge in [-0.2, -0.15) is 0 Å². The summed E-state index contributed by atoms with van der Waals surface area (Å²) in [7, 11) is -0.775. The van der Waals surface area contributed by atoms with Crippen molar-refractivity contribution in [2.45, 2.75) is 10.9 Å². The number of nitrogens with zero attached hydrogens (tertiary/aromatic N) is 2. The molecule has 3 aromatic rings. The molecule has 1 aromatic heterocycles. The van der Waals surface area contributed by atoms with Crippen LogP contribution in [0.1, 0.15) is 11.8 Å². The third kappa shape index (κ3) is 5.32. The molecule has 1 aliphatic rings. The van der Waals surface area contributed by atoms with Crippen LogP contribution in [0.2, 0.25) is 0 Å². The molecule has 0 radical (unpaired) electrons. The normalized spacial score (nSPS) is 15.9. The van der Waals surface area contributed by atoms with Crippen LogP contribution in [0.3, 0.4) is 0 Å². The van der Waals surface area contributed by atoms with E-state index in [4.69, 9.17) is 13.9 Å². The molecule has 9 heteroatoms. The van der Waals surface area contributed by atoms with Gasteiger partial charge in [-0.05, 0) is 36.4 Å². The Morgan fingerprint density at radius 1 is 0.939 bits per heavy atom. The first-order valence-electron chi connectivity index (χ1n) is 10.8. The molecule has 1 unspecified atom stereocenters. The summed E-state index contributed by atoms with van der Waals surface area (Å²) in [5.41, 5.74) is 1.20. The van der Waals surface area contributed by atoms with Crippen molar-refractivity contribution in [3.63, 3.8) is 0 Å². The quantitative estimate of drug-likeness (QED) is 0.513. The highest BCUT2D eigenvalue weighted by Gasteiger charge is 2.29. The van der Waals surface area contributed by atoms with Crippen LogP contribution in [0, 0.1) is 0 Å². The van der Waals surface area contributed by atoms with Crippen molar-refractivity contribution in [2.75, 3.05) is 51.8 Å². The largest absolute Gasteiger partial charge is 0.493 e. The van der Waals surface area contributed by atoms with E-state index in [0.717, 1.165) is 31.9 Å². The summed E-state index contributed by atoms with van der Waals surface area (Å²) in [6, 6.07) is 18.3. The van der Waals surface area contributed by atoms with Crippen molar-refractivity contribution in [2.24, 2.45) is 0 Å². The maximum absolute atomic E-state index is 13.0. The van der Waals surface area contributed by atoms with E-state index in [2.05, 4.69) is 26.7 Å². The minimum absolute atomic E-state index is 0.118. The average molecular weight is 472 g/mol. The molecule has 4 rings (SSSR count). The molecule has 2 aromatic carbocycles. The molecular weight excluding hydrogens is 442 g/mol. The Morgan fingerprint density at radius 3 is 2.30 bits per heavy atom. The number of sulfonamides is 1. The summed E-state index contributed by atoms with van der Waals surface area (Å²) in [5, 5.41) is 0. The van der Waals surface area contributed by atoms with Crippen LogP contribution >= 0.6 is 0 Å². The number of furan rings is 1. The number of ether oxygens (including phenoxy) is 2. The van der Waals surface area contributed by atoms with Crippen LogP contribution < -0.4 is 19.1 Å². The number of piperazine rings is 1. The van der Waals surface area contributed by atoms with Crippen LogP contribution in [-0.2, 0) is 10.0 Å². The standard InChI is InChI=1S/C24H29N3O5S/c1-30-23-11-10-20(17-24(23)31-2)33(28,29)25-18-21(22-9-6-16-32-22)27-14-12-26(13-15-27)19-7-4-3-5-8-19/h3-11,16-17,21,25H,12-15,18H2,1-2H3. The van der Waals surface area contributed by atoms with Gasteiger partial charge in [-0.15, -0.1) is 0 Å². The van der Waals surface area contributed by atoms with E-state index in [1.165, 1.54) is 32.0 Å². The molecule has 0 aliphatic carbocycles. The highest BCUT2D eigenvalue weighted by Crippen LogP contribution is 2.30. The van der Waals surface area contributed by atoms with Crippen molar-refractivity contribution >= 4 is 15.7 Å². The first-order chi connectivity index (χ1) is 16.0. The third-order valence-corrected chi connectivity index (χ3v) is 7.30. The van der Waals surface area contributed by atoms with Gasteiger partial charge in [0.05, 0.1) is 31.4 Å². The van der Waals surface area contributed by atoms with Gasteiger partial charge >= 0.3 is 0 Å². The minimum Gasteiger partial charge on any atom is -0.493 e. The summed E-state index contributed by atoms with van der Waals surface area (Å²) in [6.07, 6.45) is 1.62. The molecule has 1 aliphatic heterocycles. The Hall–Kier alpha value is -3.01. The lowest BCUT2D eigenvalue weighted by Crippen LogP contribution is -2.49. The second-order valence-corrected chi connectivity index (χ2v) is 9.53. The summed E-state index contributed by atoms with van der Waals surface area (Å²) < 4.78 is 44.9. The van der Waals surface area contributed by atoms with Crippen LogP contribution in [0.15, 0.2) is 76.2 Å². The fraction of sp³-hybridized carbons (Fsp3) is 0.333. The van der Waals surface area contributed by atoms with Crippen LogP contribution in [0.4, 0.5) is 5.69 Å². The van der Waals surface area contributed by atoms with Crippen molar-refractivity contribution < 1.29 is 22.3 Å². The Labute approximate surface area is 194 Å². The number of anilines is 1. The number of hydrogen-bond acceptors (Lipinski definition) is 7. The van der Waals surface area contributed by atoms with Gasteiger partial charge in [0.25, 0.3) is 0 Å². The van der Waals surface area contributed by atoms with Gasteiger partial charge in [-0.1, -0.05) is 18.2 Å². The zero-order valence-electron chi connectivity index (χ0n) is 18.8. The lowest BCUT2D eigenvalue weighted by atomic mass is 10.1. The fourth-order valence-electron chi connectivity index (χ4n) is 4.08. The van der Waals surface area contributed by atoms with Crippen molar-refractivity contribution in [1.82, 2.24) is 9.62 Å². The summed E-state index contributed by atoms with van der Waals surface area (Å²) >= 11 is 0. The number of nitrogens with one attached hydrogen (secondary N) is 1. The smallest absolute Gasteiger partial charge is 0.240 e. The van der Waals surface area contributed by atoms with E-state index in [1.54, 1.807) is 12.3 Å². The van der Waals surface area contributed by atoms with Crippen molar-refractivity contribution in [3.05, 3.63) is 72.7 Å². The zero-order chi connectivity index (χ0) is 23.3. The van der Waals surface area contributed by atoms with Gasteiger partial charge in [0.2, 0.25) is 10.0 Å². The van der Waals surface area contributed by atoms with E-state index >= 15 is 0 Å². The molecule has 0 amide bonds. The molecule has 0 bridgehead atoms. The lowest BCUT2D eigenvalue weighted by Gasteiger charge is -2.39. The Bertz CT molecular complexity index is 1130. The van der Waals surface area contributed by atoms with E-state index in [9.17, 15) is 8.42 Å². The highest BCUT2D eigenvalue weighted by molar-refractivity contribution is 7.89. The topological polar surface area (TPSA) is 84.2 Å². The second-order valence-electron chi connectivity index (χ2n) is 7.76. The number of para-hydroxylation sites is 1. The number of methoxy groups -OCH3 is 2. The summed E-state index contributed by atoms with van der Waals surface area (Å²) in [4.78, 5) is 4.71. The monoisotopic (exact) mass is 471 g/mol. The predicted molar refractivity (Wildman–Crippen MR) is 126 cm³/mol. The molecule has 1 atom stereocenters. The molecular formula is C24H29N3O5S. The first kappa shape index (κ1) is 23.2. The average Bonchev–Trinajstić information content (AvgIpc) is 3.39. The summed E-state index contributed by atoms with van der Waals surface area (Å²) in [6.45, 7) is 3.47. The molecule has 2 heterocycles. The van der Waals surface area contributed by atoms with Crippen molar-refractivity contribution in [1.29, 1.82) is 0 Å². The number of rotatable bonds is 9. The van der Waals surface area contributed by atoms with Gasteiger partial charge in [0.15, 0.2) is 11.5 Å². The molecule has 176 valence electrons. The third-order valence-electron chi connectivity index (χ3n) is 5.88. The SMILES string of the molecule is COc1ccc(S(=O)(=O)NCC(c2ccco2)N2CCN(c3ccccc3)CC2)cc1OC. The van der Waals surface area contributed by atoms with Gasteiger partial charge in [0.1, 0.15) is 5.76 Å². The zero-order valence-corrected chi connectivity index (χ0v) is 19.6. The molecule has 1 fully saturated rings. The van der Waals surface area contributed by atoms with E-state index < -0.39 is 10.0 Å². The Kier molecular flexibility index (Phi) is 7.22. The van der Waals surface area contributed by atoms with Gasteiger partial charge in [0, 0.05) is 44.5 Å². The minimum atomic E-state index is -3.76. The molecule has 0 saturated carbocycles. The van der Waals surface area contributed by atoms with Crippen LogP contribution in [-0.4, -0.2) is 60.3 Å². The maximum atomic E-state index is 13.0. The van der Waals surface area contributed by atoms with Crippen LogP contribution in [0.5, 0.6) is 11.5 Å². The lowest BCUT2D eigenvalue weighted by molar-refractivity contribution is 0.166. The molecule has 33 heavy (non-hydrogen) atoms. The summed E-state index contributed by atoms with van der Waals surface area (Å²) in [5.74, 6) is 1.57. The number of benzene rings is 2. The Morgan fingerprint density at radius 2 is 1.67 bits per heavy atom. The van der Waals surface area contributed by atoms with Crippen molar-refractivity contribution in [3.8, 4) is 11.5 Å². The van der Waals surface area contributed by atoms with E-state index in [0.29, 0.717) is 11.5 Å². The van der Waals surface area contributed by atoms with Gasteiger partial charge in [-0.3, -0.25) is 4.90 Å². The van der Waals surface area contributed by atoms with Crippen LogP contribution in [0.25, 0.3) is 0 Å². The molecule has 1 saturated heterocycles. The molecule has 8 nitrogen and oxygen atoms in total. The maximum Gasteiger partial charge on any atom is 0.240 e. The van der Waals surface area contributed by atoms with Gasteiger partial charge in [-0.25, -0.2) is 13.1 Å². The molecule has 1 N–H and O–H groups in total. The predicted octanol–water partition coefficient (Wildman–Crippen LogP) is 3.14. The van der Waals surface area contributed by atoms with E-state index in [-0.39, 0.29) is 17.5 Å². The molecule has 0 spiro atoms. The highest BCUT2D eigenvalue weighted by atomic mass is 32.2.